The summed E-state index contributed by atoms with van der Waals surface area (Å²) in [5.41, 5.74) is 6.62. The molecule has 2 rings (SSSR count). The molecule has 0 aromatic carbocycles. The molecule has 4 nitrogen and oxygen atoms in total. The van der Waals surface area contributed by atoms with Gasteiger partial charge in [0.15, 0.2) is 0 Å². The van der Waals surface area contributed by atoms with Gasteiger partial charge in [-0.1, -0.05) is 6.07 Å². The smallest absolute Gasteiger partial charge is 0.272 e. The zero-order valence-electron chi connectivity index (χ0n) is 10.2. The molecule has 2 aromatic rings. The standard InChI is InChI=1S/C13H15N3OS/c1-2-16(9-11-4-3-7-18-11)13(17)12-8-10(14)5-6-15-12/h3-8H,2,9H2,1H3,(H2,14,15). The highest BCUT2D eigenvalue weighted by Crippen LogP contribution is 2.14. The van der Waals surface area contributed by atoms with E-state index in [0.29, 0.717) is 24.5 Å². The van der Waals surface area contributed by atoms with Crippen LogP contribution in [-0.4, -0.2) is 22.3 Å². The van der Waals surface area contributed by atoms with E-state index in [1.807, 2.05) is 24.4 Å². The lowest BCUT2D eigenvalue weighted by atomic mass is 10.2. The highest BCUT2D eigenvalue weighted by atomic mass is 32.1. The van der Waals surface area contributed by atoms with Crippen molar-refractivity contribution >= 4 is 22.9 Å². The van der Waals surface area contributed by atoms with Crippen LogP contribution >= 0.6 is 11.3 Å². The summed E-state index contributed by atoms with van der Waals surface area (Å²) in [5, 5.41) is 2.01. The summed E-state index contributed by atoms with van der Waals surface area (Å²) in [4.78, 5) is 19.3. The molecule has 18 heavy (non-hydrogen) atoms. The maximum atomic E-state index is 12.3. The minimum atomic E-state index is -0.0850. The molecule has 2 aromatic heterocycles. The van der Waals surface area contributed by atoms with Crippen LogP contribution in [0, 0.1) is 0 Å². The summed E-state index contributed by atoms with van der Waals surface area (Å²) in [5.74, 6) is -0.0850. The lowest BCUT2D eigenvalue weighted by Crippen LogP contribution is -2.30. The zero-order chi connectivity index (χ0) is 13.0. The molecule has 2 heterocycles. The van der Waals surface area contributed by atoms with Gasteiger partial charge < -0.3 is 10.6 Å². The SMILES string of the molecule is CCN(Cc1cccs1)C(=O)c1cc(N)ccn1. The van der Waals surface area contributed by atoms with Gasteiger partial charge in [0.05, 0.1) is 6.54 Å². The Kier molecular flexibility index (Phi) is 3.94. The first kappa shape index (κ1) is 12.6. The molecule has 0 saturated heterocycles. The average molecular weight is 261 g/mol. The first-order valence-electron chi connectivity index (χ1n) is 5.74. The molecule has 1 amide bonds. The average Bonchev–Trinajstić information content (AvgIpc) is 2.88. The van der Waals surface area contributed by atoms with Gasteiger partial charge in [0.1, 0.15) is 5.69 Å². The molecule has 5 heteroatoms. The first-order chi connectivity index (χ1) is 8.70. The van der Waals surface area contributed by atoms with Crippen molar-refractivity contribution in [3.8, 4) is 0 Å². The number of hydrogen-bond acceptors (Lipinski definition) is 4. The molecule has 2 N–H and O–H groups in total. The van der Waals surface area contributed by atoms with Crippen molar-refractivity contribution in [1.82, 2.24) is 9.88 Å². The Hall–Kier alpha value is -1.88. The van der Waals surface area contributed by atoms with E-state index in [1.165, 1.54) is 0 Å². The van der Waals surface area contributed by atoms with Crippen LogP contribution in [0.5, 0.6) is 0 Å². The van der Waals surface area contributed by atoms with E-state index < -0.39 is 0 Å². The molecular weight excluding hydrogens is 246 g/mol. The van der Waals surface area contributed by atoms with Gasteiger partial charge in [-0.15, -0.1) is 11.3 Å². The summed E-state index contributed by atoms with van der Waals surface area (Å²) in [6.45, 7) is 3.22. The molecule has 0 bridgehead atoms. The van der Waals surface area contributed by atoms with Crippen LogP contribution in [0.3, 0.4) is 0 Å². The fraction of sp³-hybridized carbons (Fsp3) is 0.231. The van der Waals surface area contributed by atoms with Crippen molar-refractivity contribution in [2.45, 2.75) is 13.5 Å². The second-order valence-electron chi connectivity index (χ2n) is 3.87. The van der Waals surface area contributed by atoms with Gasteiger partial charge in [-0.25, -0.2) is 0 Å². The predicted octanol–water partition coefficient (Wildman–Crippen LogP) is 2.39. The Balaban J connectivity index is 2.15. The number of amides is 1. The molecule has 0 unspecified atom stereocenters. The lowest BCUT2D eigenvalue weighted by molar-refractivity contribution is 0.0748. The van der Waals surface area contributed by atoms with Crippen LogP contribution in [0.4, 0.5) is 5.69 Å². The summed E-state index contributed by atoms with van der Waals surface area (Å²) in [7, 11) is 0. The van der Waals surface area contributed by atoms with E-state index in [0.717, 1.165) is 4.88 Å². The number of carbonyl (C=O) groups is 1. The molecule has 0 atom stereocenters. The number of aromatic nitrogens is 1. The summed E-state index contributed by atoms with van der Waals surface area (Å²) in [6, 6.07) is 7.29. The molecule has 0 aliphatic carbocycles. The van der Waals surface area contributed by atoms with E-state index in [4.69, 9.17) is 5.73 Å². The number of rotatable bonds is 4. The number of nitrogens with zero attached hydrogens (tertiary/aromatic N) is 2. The highest BCUT2D eigenvalue weighted by Gasteiger charge is 2.16. The number of pyridine rings is 1. The number of nitrogens with two attached hydrogens (primary N) is 1. The minimum Gasteiger partial charge on any atom is -0.399 e. The molecule has 0 saturated carbocycles. The summed E-state index contributed by atoms with van der Waals surface area (Å²) < 4.78 is 0. The van der Waals surface area contributed by atoms with Crippen LogP contribution in [0.15, 0.2) is 35.8 Å². The van der Waals surface area contributed by atoms with Crippen molar-refractivity contribution in [3.05, 3.63) is 46.4 Å². The second kappa shape index (κ2) is 5.64. The molecule has 94 valence electrons. The van der Waals surface area contributed by atoms with Gasteiger partial charge in [-0.3, -0.25) is 9.78 Å². The minimum absolute atomic E-state index is 0.0850. The topological polar surface area (TPSA) is 59.2 Å². The van der Waals surface area contributed by atoms with Gasteiger partial charge in [0.25, 0.3) is 5.91 Å². The molecule has 0 spiro atoms. The van der Waals surface area contributed by atoms with E-state index in [9.17, 15) is 4.79 Å². The molecular formula is C13H15N3OS. The molecule has 0 fully saturated rings. The maximum absolute atomic E-state index is 12.3. The third-order valence-electron chi connectivity index (χ3n) is 2.60. The Bertz CT molecular complexity index is 525. The molecule has 0 aliphatic heterocycles. The summed E-state index contributed by atoms with van der Waals surface area (Å²) >= 11 is 1.64. The normalized spacial score (nSPS) is 10.3. The van der Waals surface area contributed by atoms with Gasteiger partial charge in [0.2, 0.25) is 0 Å². The van der Waals surface area contributed by atoms with Gasteiger partial charge in [-0.05, 0) is 30.5 Å². The second-order valence-corrected chi connectivity index (χ2v) is 4.91. The first-order valence-corrected chi connectivity index (χ1v) is 6.62. The lowest BCUT2D eigenvalue weighted by Gasteiger charge is -2.19. The van der Waals surface area contributed by atoms with E-state index in [1.54, 1.807) is 34.6 Å². The van der Waals surface area contributed by atoms with Crippen LogP contribution in [0.1, 0.15) is 22.3 Å². The Labute approximate surface area is 110 Å². The molecule has 0 aliphatic rings. The quantitative estimate of drug-likeness (QED) is 0.919. The van der Waals surface area contributed by atoms with Crippen molar-refractivity contribution in [3.63, 3.8) is 0 Å². The zero-order valence-corrected chi connectivity index (χ0v) is 11.0. The number of carbonyl (C=O) groups excluding carboxylic acids is 1. The fourth-order valence-corrected chi connectivity index (χ4v) is 2.36. The monoisotopic (exact) mass is 261 g/mol. The van der Waals surface area contributed by atoms with Gasteiger partial charge in [0, 0.05) is 23.3 Å². The predicted molar refractivity (Wildman–Crippen MR) is 73.4 cm³/mol. The van der Waals surface area contributed by atoms with Crippen LogP contribution < -0.4 is 5.73 Å². The molecule has 0 radical (unpaired) electrons. The number of anilines is 1. The van der Waals surface area contributed by atoms with E-state index in [-0.39, 0.29) is 5.91 Å². The van der Waals surface area contributed by atoms with Crippen molar-refractivity contribution in [1.29, 1.82) is 0 Å². The largest absolute Gasteiger partial charge is 0.399 e. The summed E-state index contributed by atoms with van der Waals surface area (Å²) in [6.07, 6.45) is 1.56. The van der Waals surface area contributed by atoms with Crippen molar-refractivity contribution in [2.75, 3.05) is 12.3 Å². The Morgan fingerprint density at radius 3 is 2.94 bits per heavy atom. The Morgan fingerprint density at radius 1 is 1.50 bits per heavy atom. The third kappa shape index (κ3) is 2.87. The van der Waals surface area contributed by atoms with E-state index in [2.05, 4.69) is 4.98 Å². The van der Waals surface area contributed by atoms with Crippen molar-refractivity contribution in [2.24, 2.45) is 0 Å². The van der Waals surface area contributed by atoms with Crippen LogP contribution in [-0.2, 0) is 6.54 Å². The van der Waals surface area contributed by atoms with Gasteiger partial charge in [-0.2, -0.15) is 0 Å². The van der Waals surface area contributed by atoms with Crippen LogP contribution in [0.25, 0.3) is 0 Å². The van der Waals surface area contributed by atoms with Crippen LogP contribution in [0.2, 0.25) is 0 Å². The Morgan fingerprint density at radius 2 is 2.33 bits per heavy atom. The highest BCUT2D eigenvalue weighted by molar-refractivity contribution is 7.09. The maximum Gasteiger partial charge on any atom is 0.272 e. The number of nitrogen functional groups attached to an aromatic ring is 1. The number of thiophene rings is 1. The fourth-order valence-electron chi connectivity index (χ4n) is 1.64. The van der Waals surface area contributed by atoms with E-state index >= 15 is 0 Å². The van der Waals surface area contributed by atoms with Gasteiger partial charge >= 0.3 is 0 Å². The van der Waals surface area contributed by atoms with Crippen molar-refractivity contribution < 1.29 is 4.79 Å². The third-order valence-corrected chi connectivity index (χ3v) is 3.46. The number of hydrogen-bond donors (Lipinski definition) is 1.